The first-order valence-electron chi connectivity index (χ1n) is 8.77. The summed E-state index contributed by atoms with van der Waals surface area (Å²) >= 11 is 5.93. The van der Waals surface area contributed by atoms with Gasteiger partial charge in [-0.2, -0.15) is 0 Å². The third-order valence-corrected chi connectivity index (χ3v) is 4.60. The van der Waals surface area contributed by atoms with Crippen LogP contribution in [0.4, 0.5) is 11.4 Å². The molecular weight excluding hydrogens is 396 g/mol. The Bertz CT molecular complexity index is 1050. The van der Waals surface area contributed by atoms with E-state index in [0.29, 0.717) is 29.6 Å². The highest BCUT2D eigenvalue weighted by Gasteiger charge is 2.22. The standard InChI is InChI=1S/C20H19ClN4O4/c1-23(10-11-29-16-5-3-4-15(21)13-16)17-7-6-14(12-18(17)25(27)28)19(26)20-22-8-9-24(20)2/h3-9,12-13H,10-11H2,1-2H3. The Labute approximate surface area is 172 Å². The second-order valence-corrected chi connectivity index (χ2v) is 6.82. The van der Waals surface area contributed by atoms with Crippen LogP contribution in [0.25, 0.3) is 0 Å². The molecule has 0 atom stereocenters. The number of aryl methyl sites for hydroxylation is 1. The molecule has 0 amide bonds. The summed E-state index contributed by atoms with van der Waals surface area (Å²) in [4.78, 5) is 29.4. The van der Waals surface area contributed by atoms with Crippen molar-refractivity contribution in [3.05, 3.63) is 81.4 Å². The SMILES string of the molecule is CN(CCOc1cccc(Cl)c1)c1ccc(C(=O)c2nccn2C)cc1[N+](=O)[O-]. The Morgan fingerprint density at radius 1 is 1.31 bits per heavy atom. The van der Waals surface area contributed by atoms with E-state index in [4.69, 9.17) is 16.3 Å². The highest BCUT2D eigenvalue weighted by atomic mass is 35.5. The number of anilines is 1. The Kier molecular flexibility index (Phi) is 6.13. The number of halogens is 1. The lowest BCUT2D eigenvalue weighted by molar-refractivity contribution is -0.384. The number of likely N-dealkylation sites (N-methyl/N-ethyl adjacent to an activating group) is 1. The molecule has 0 aliphatic heterocycles. The summed E-state index contributed by atoms with van der Waals surface area (Å²) in [5.41, 5.74) is 0.440. The minimum Gasteiger partial charge on any atom is -0.492 e. The number of rotatable bonds is 8. The molecule has 0 fully saturated rings. The van der Waals surface area contributed by atoms with Crippen LogP contribution < -0.4 is 9.64 Å². The van der Waals surface area contributed by atoms with Crippen LogP contribution in [0.1, 0.15) is 16.2 Å². The van der Waals surface area contributed by atoms with Gasteiger partial charge in [0.1, 0.15) is 18.0 Å². The number of nitro benzene ring substituents is 1. The van der Waals surface area contributed by atoms with Gasteiger partial charge in [-0.3, -0.25) is 14.9 Å². The van der Waals surface area contributed by atoms with Crippen molar-refractivity contribution in [1.82, 2.24) is 9.55 Å². The summed E-state index contributed by atoms with van der Waals surface area (Å²) in [6, 6.07) is 11.4. The second-order valence-electron chi connectivity index (χ2n) is 6.38. The number of imidazole rings is 1. The van der Waals surface area contributed by atoms with Crippen LogP contribution in [0.2, 0.25) is 5.02 Å². The van der Waals surface area contributed by atoms with Gasteiger partial charge in [0.15, 0.2) is 5.82 Å². The van der Waals surface area contributed by atoms with Crippen molar-refractivity contribution < 1.29 is 14.5 Å². The number of carbonyl (C=O) groups is 1. The number of hydrogen-bond donors (Lipinski definition) is 0. The lowest BCUT2D eigenvalue weighted by atomic mass is 10.1. The predicted octanol–water partition coefficient (Wildman–Crippen LogP) is 3.73. The molecule has 0 N–H and O–H groups in total. The van der Waals surface area contributed by atoms with Gasteiger partial charge in [0.2, 0.25) is 5.78 Å². The van der Waals surface area contributed by atoms with E-state index in [0.717, 1.165) is 0 Å². The lowest BCUT2D eigenvalue weighted by Gasteiger charge is -2.19. The number of hydrogen-bond acceptors (Lipinski definition) is 6. The number of ether oxygens (including phenoxy) is 1. The van der Waals surface area contributed by atoms with Crippen molar-refractivity contribution in [2.75, 3.05) is 25.1 Å². The molecule has 1 aromatic heterocycles. The molecule has 150 valence electrons. The first kappa shape index (κ1) is 20.3. The number of benzene rings is 2. The zero-order chi connectivity index (χ0) is 21.0. The van der Waals surface area contributed by atoms with E-state index in [2.05, 4.69) is 4.98 Å². The highest BCUT2D eigenvalue weighted by molar-refractivity contribution is 6.30. The van der Waals surface area contributed by atoms with E-state index >= 15 is 0 Å². The molecule has 29 heavy (non-hydrogen) atoms. The molecular formula is C20H19ClN4O4. The number of carbonyl (C=O) groups excluding carboxylic acids is 1. The van der Waals surface area contributed by atoms with Crippen molar-refractivity contribution in [2.45, 2.75) is 0 Å². The quantitative estimate of drug-likeness (QED) is 0.317. The third kappa shape index (κ3) is 4.72. The molecule has 8 nitrogen and oxygen atoms in total. The van der Waals surface area contributed by atoms with Crippen molar-refractivity contribution in [2.24, 2.45) is 7.05 Å². The van der Waals surface area contributed by atoms with Crippen LogP contribution in [-0.2, 0) is 7.05 Å². The lowest BCUT2D eigenvalue weighted by Crippen LogP contribution is -2.24. The van der Waals surface area contributed by atoms with Crippen molar-refractivity contribution in [3.8, 4) is 5.75 Å². The molecule has 3 aromatic rings. The zero-order valence-corrected chi connectivity index (χ0v) is 16.7. The van der Waals surface area contributed by atoms with Gasteiger partial charge < -0.3 is 14.2 Å². The van der Waals surface area contributed by atoms with Gasteiger partial charge in [0.25, 0.3) is 5.69 Å². The maximum Gasteiger partial charge on any atom is 0.293 e. The minimum absolute atomic E-state index is 0.157. The monoisotopic (exact) mass is 414 g/mol. The van der Waals surface area contributed by atoms with E-state index in [-0.39, 0.29) is 22.9 Å². The van der Waals surface area contributed by atoms with Gasteiger partial charge >= 0.3 is 0 Å². The molecule has 2 aromatic carbocycles. The summed E-state index contributed by atoms with van der Waals surface area (Å²) in [6.07, 6.45) is 3.15. The summed E-state index contributed by atoms with van der Waals surface area (Å²) in [7, 11) is 3.42. The number of nitro groups is 1. The second kappa shape index (κ2) is 8.74. The molecule has 0 spiro atoms. The average molecular weight is 415 g/mol. The van der Waals surface area contributed by atoms with Crippen LogP contribution in [0.5, 0.6) is 5.75 Å². The molecule has 0 bridgehead atoms. The van der Waals surface area contributed by atoms with Crippen molar-refractivity contribution in [3.63, 3.8) is 0 Å². The molecule has 0 unspecified atom stereocenters. The van der Waals surface area contributed by atoms with Crippen LogP contribution in [-0.4, -0.2) is 40.5 Å². The topological polar surface area (TPSA) is 90.5 Å². The molecule has 1 heterocycles. The fourth-order valence-electron chi connectivity index (χ4n) is 2.82. The predicted molar refractivity (Wildman–Crippen MR) is 110 cm³/mol. The minimum atomic E-state index is -0.501. The third-order valence-electron chi connectivity index (χ3n) is 4.36. The molecule has 3 rings (SSSR count). The van der Waals surface area contributed by atoms with Crippen LogP contribution >= 0.6 is 11.6 Å². The van der Waals surface area contributed by atoms with E-state index < -0.39 is 4.92 Å². The van der Waals surface area contributed by atoms with Crippen LogP contribution in [0.3, 0.4) is 0 Å². The Balaban J connectivity index is 1.75. The van der Waals surface area contributed by atoms with E-state index in [9.17, 15) is 14.9 Å². The number of ketones is 1. The Hall–Kier alpha value is -3.39. The van der Waals surface area contributed by atoms with E-state index in [1.807, 2.05) is 0 Å². The van der Waals surface area contributed by atoms with Gasteiger partial charge in [0, 0.05) is 43.1 Å². The van der Waals surface area contributed by atoms with Crippen LogP contribution in [0, 0.1) is 10.1 Å². The maximum absolute atomic E-state index is 12.6. The average Bonchev–Trinajstić information content (AvgIpc) is 3.12. The van der Waals surface area contributed by atoms with Gasteiger partial charge in [-0.1, -0.05) is 17.7 Å². The molecule has 0 saturated heterocycles. The molecule has 0 aliphatic carbocycles. The molecule has 9 heteroatoms. The first-order valence-corrected chi connectivity index (χ1v) is 9.14. The van der Waals surface area contributed by atoms with Gasteiger partial charge in [0.05, 0.1) is 11.5 Å². The fraction of sp³-hybridized carbons (Fsp3) is 0.200. The summed E-state index contributed by atoms with van der Waals surface area (Å²) < 4.78 is 7.21. The Morgan fingerprint density at radius 3 is 2.76 bits per heavy atom. The van der Waals surface area contributed by atoms with Crippen LogP contribution in [0.15, 0.2) is 54.9 Å². The fourth-order valence-corrected chi connectivity index (χ4v) is 3.01. The molecule has 0 radical (unpaired) electrons. The highest BCUT2D eigenvalue weighted by Crippen LogP contribution is 2.29. The smallest absolute Gasteiger partial charge is 0.293 e. The largest absolute Gasteiger partial charge is 0.492 e. The van der Waals surface area contributed by atoms with E-state index in [1.165, 1.54) is 12.3 Å². The summed E-state index contributed by atoms with van der Waals surface area (Å²) in [6.45, 7) is 0.710. The number of aromatic nitrogens is 2. The normalized spacial score (nSPS) is 10.6. The molecule has 0 saturated carbocycles. The van der Waals surface area contributed by atoms with Crippen molar-refractivity contribution >= 4 is 28.8 Å². The summed E-state index contributed by atoms with van der Waals surface area (Å²) in [5.74, 6) is 0.464. The Morgan fingerprint density at radius 2 is 2.10 bits per heavy atom. The first-order chi connectivity index (χ1) is 13.9. The van der Waals surface area contributed by atoms with Gasteiger partial charge in [-0.15, -0.1) is 0 Å². The van der Waals surface area contributed by atoms with E-state index in [1.54, 1.807) is 66.2 Å². The van der Waals surface area contributed by atoms with Gasteiger partial charge in [-0.05, 0) is 30.3 Å². The zero-order valence-electron chi connectivity index (χ0n) is 15.9. The van der Waals surface area contributed by atoms with Gasteiger partial charge in [-0.25, -0.2) is 4.98 Å². The molecule has 0 aliphatic rings. The summed E-state index contributed by atoms with van der Waals surface area (Å²) in [5, 5.41) is 12.2. The van der Waals surface area contributed by atoms with Crippen molar-refractivity contribution in [1.29, 1.82) is 0 Å². The maximum atomic E-state index is 12.6. The number of nitrogens with zero attached hydrogens (tertiary/aromatic N) is 4.